The van der Waals surface area contributed by atoms with Crippen LogP contribution in [-0.2, 0) is 0 Å². The van der Waals surface area contributed by atoms with Crippen molar-refractivity contribution in [3.8, 4) is 0 Å². The van der Waals surface area contributed by atoms with Crippen LogP contribution >= 0.6 is 24.0 Å². The Balaban J connectivity index is 0.00000361. The van der Waals surface area contributed by atoms with Gasteiger partial charge in [0.05, 0.1) is 0 Å². The molecular weight excluding hydrogens is 363 g/mol. The van der Waals surface area contributed by atoms with Gasteiger partial charge in [0.2, 0.25) is 0 Å². The van der Waals surface area contributed by atoms with Crippen molar-refractivity contribution in [3.63, 3.8) is 0 Å². The number of hydrogen-bond acceptors (Lipinski definition) is 2. The van der Waals surface area contributed by atoms with Crippen LogP contribution in [-0.4, -0.2) is 49.1 Å². The Hall–Kier alpha value is -0.0400. The van der Waals surface area contributed by atoms with E-state index in [0.717, 1.165) is 18.4 Å². The van der Waals surface area contributed by atoms with Crippen LogP contribution in [0.15, 0.2) is 4.99 Å². The fraction of sp³-hybridized carbons (Fsp3) is 0.933. The minimum Gasteiger partial charge on any atom is -0.355 e. The molecule has 1 rings (SSSR count). The van der Waals surface area contributed by atoms with Crippen LogP contribution in [0.4, 0.5) is 0 Å². The highest BCUT2D eigenvalue weighted by Crippen LogP contribution is 2.17. The fourth-order valence-corrected chi connectivity index (χ4v) is 2.38. The summed E-state index contributed by atoms with van der Waals surface area (Å²) in [4.78, 5) is 6.86. The first-order valence-electron chi connectivity index (χ1n) is 7.54. The van der Waals surface area contributed by atoms with Gasteiger partial charge in [-0.3, -0.25) is 9.89 Å². The molecule has 1 heterocycles. The van der Waals surface area contributed by atoms with Gasteiger partial charge >= 0.3 is 0 Å². The summed E-state index contributed by atoms with van der Waals surface area (Å²) in [7, 11) is 1.83. The van der Waals surface area contributed by atoms with Crippen molar-refractivity contribution in [1.82, 2.24) is 15.5 Å². The molecule has 5 heteroatoms. The molecule has 1 saturated heterocycles. The third kappa shape index (κ3) is 7.67. The summed E-state index contributed by atoms with van der Waals surface area (Å²) in [6.45, 7) is 14.5. The summed E-state index contributed by atoms with van der Waals surface area (Å²) in [6, 6.07) is 0.561. The molecule has 120 valence electrons. The van der Waals surface area contributed by atoms with Crippen molar-refractivity contribution in [2.75, 3.05) is 26.7 Å². The van der Waals surface area contributed by atoms with Crippen LogP contribution in [0.3, 0.4) is 0 Å². The molecule has 0 amide bonds. The summed E-state index contributed by atoms with van der Waals surface area (Å²) in [5.74, 6) is 1.79. The number of nitrogens with one attached hydrogen (secondary N) is 2. The molecule has 0 radical (unpaired) electrons. The van der Waals surface area contributed by atoms with Crippen molar-refractivity contribution in [2.24, 2.45) is 10.9 Å². The molecule has 0 aromatic rings. The maximum atomic E-state index is 4.28. The van der Waals surface area contributed by atoms with Crippen LogP contribution in [0.2, 0.25) is 0 Å². The minimum atomic E-state index is 0. The van der Waals surface area contributed by atoms with Crippen LogP contribution < -0.4 is 10.6 Å². The molecule has 0 spiro atoms. The van der Waals surface area contributed by atoms with Gasteiger partial charge in [-0.2, -0.15) is 0 Å². The standard InChI is InChI=1S/C15H32N4.HI/c1-12-7-9-19(10-8-12)13(2)11-17-14(16-6)18-15(3,4)5;/h12-13H,7-11H2,1-6H3,(H2,16,17,18);1H. The normalized spacial score (nSPS) is 20.2. The van der Waals surface area contributed by atoms with Gasteiger partial charge in [0, 0.05) is 25.2 Å². The largest absolute Gasteiger partial charge is 0.355 e. The number of guanidine groups is 1. The van der Waals surface area contributed by atoms with Crippen molar-refractivity contribution in [1.29, 1.82) is 0 Å². The van der Waals surface area contributed by atoms with Crippen LogP contribution in [0, 0.1) is 5.92 Å². The third-order valence-electron chi connectivity index (χ3n) is 3.72. The van der Waals surface area contributed by atoms with E-state index in [2.05, 4.69) is 55.1 Å². The Kier molecular flexibility index (Phi) is 9.06. The van der Waals surface area contributed by atoms with Crippen molar-refractivity contribution < 1.29 is 0 Å². The quantitative estimate of drug-likeness (QED) is 0.438. The molecule has 1 atom stereocenters. The first kappa shape index (κ1) is 20.0. The van der Waals surface area contributed by atoms with Gasteiger partial charge in [0.1, 0.15) is 0 Å². The number of aliphatic imine (C=N–C) groups is 1. The van der Waals surface area contributed by atoms with E-state index in [1.165, 1.54) is 25.9 Å². The van der Waals surface area contributed by atoms with Crippen LogP contribution in [0.5, 0.6) is 0 Å². The van der Waals surface area contributed by atoms with Gasteiger partial charge < -0.3 is 10.6 Å². The van der Waals surface area contributed by atoms with Gasteiger partial charge in [-0.1, -0.05) is 6.92 Å². The molecule has 0 saturated carbocycles. The lowest BCUT2D eigenvalue weighted by atomic mass is 9.98. The number of rotatable bonds is 3. The van der Waals surface area contributed by atoms with E-state index in [-0.39, 0.29) is 29.5 Å². The Bertz CT molecular complexity index is 291. The number of halogens is 1. The van der Waals surface area contributed by atoms with Crippen molar-refractivity contribution in [3.05, 3.63) is 0 Å². The van der Waals surface area contributed by atoms with E-state index in [1.54, 1.807) is 0 Å². The Morgan fingerprint density at radius 3 is 2.30 bits per heavy atom. The fourth-order valence-electron chi connectivity index (χ4n) is 2.38. The second-order valence-electron chi connectivity index (χ2n) is 6.90. The highest BCUT2D eigenvalue weighted by atomic mass is 127. The van der Waals surface area contributed by atoms with Crippen LogP contribution in [0.1, 0.15) is 47.5 Å². The molecule has 0 bridgehead atoms. The zero-order valence-corrected chi connectivity index (χ0v) is 16.3. The molecule has 20 heavy (non-hydrogen) atoms. The molecule has 1 aliphatic rings. The average molecular weight is 396 g/mol. The number of nitrogens with zero attached hydrogens (tertiary/aromatic N) is 2. The second kappa shape index (κ2) is 9.07. The Morgan fingerprint density at radius 2 is 1.85 bits per heavy atom. The first-order valence-corrected chi connectivity index (χ1v) is 7.54. The summed E-state index contributed by atoms with van der Waals surface area (Å²) in [6.07, 6.45) is 2.67. The van der Waals surface area contributed by atoms with E-state index >= 15 is 0 Å². The Morgan fingerprint density at radius 1 is 1.30 bits per heavy atom. The molecule has 1 fully saturated rings. The number of piperidine rings is 1. The summed E-state index contributed by atoms with van der Waals surface area (Å²) in [5.41, 5.74) is 0.0473. The maximum Gasteiger partial charge on any atom is 0.191 e. The highest BCUT2D eigenvalue weighted by Gasteiger charge is 2.20. The number of hydrogen-bond donors (Lipinski definition) is 2. The van der Waals surface area contributed by atoms with Gasteiger partial charge in [-0.05, 0) is 59.5 Å². The summed E-state index contributed by atoms with van der Waals surface area (Å²) in [5, 5.41) is 6.82. The lowest BCUT2D eigenvalue weighted by Gasteiger charge is -2.35. The maximum absolute atomic E-state index is 4.28. The molecule has 0 aromatic heterocycles. The van der Waals surface area contributed by atoms with Gasteiger partial charge in [0.25, 0.3) is 0 Å². The smallest absolute Gasteiger partial charge is 0.191 e. The van der Waals surface area contributed by atoms with E-state index < -0.39 is 0 Å². The monoisotopic (exact) mass is 396 g/mol. The predicted octanol–water partition coefficient (Wildman–Crippen LogP) is 2.69. The topological polar surface area (TPSA) is 39.7 Å². The lowest BCUT2D eigenvalue weighted by Crippen LogP contribution is -2.51. The van der Waals surface area contributed by atoms with Crippen molar-refractivity contribution in [2.45, 2.75) is 59.0 Å². The van der Waals surface area contributed by atoms with Crippen molar-refractivity contribution >= 4 is 29.9 Å². The molecule has 0 aliphatic carbocycles. The highest BCUT2D eigenvalue weighted by molar-refractivity contribution is 14.0. The van der Waals surface area contributed by atoms with E-state index in [4.69, 9.17) is 0 Å². The van der Waals surface area contributed by atoms with Gasteiger partial charge in [0.15, 0.2) is 5.96 Å². The number of likely N-dealkylation sites (tertiary alicyclic amines) is 1. The molecular formula is C15H33IN4. The first-order chi connectivity index (χ1) is 8.81. The SMILES string of the molecule is CN=C(NCC(C)N1CCC(C)CC1)NC(C)(C)C.I. The average Bonchev–Trinajstić information content (AvgIpc) is 2.33. The lowest BCUT2D eigenvalue weighted by molar-refractivity contribution is 0.147. The molecule has 1 unspecified atom stereocenters. The molecule has 4 nitrogen and oxygen atoms in total. The predicted molar refractivity (Wildman–Crippen MR) is 99.1 cm³/mol. The van der Waals surface area contributed by atoms with Crippen LogP contribution in [0.25, 0.3) is 0 Å². The van der Waals surface area contributed by atoms with E-state index in [1.807, 2.05) is 7.05 Å². The van der Waals surface area contributed by atoms with Gasteiger partial charge in [-0.15, -0.1) is 24.0 Å². The third-order valence-corrected chi connectivity index (χ3v) is 3.72. The zero-order valence-electron chi connectivity index (χ0n) is 14.0. The zero-order chi connectivity index (χ0) is 14.5. The van der Waals surface area contributed by atoms with Gasteiger partial charge in [-0.25, -0.2) is 0 Å². The minimum absolute atomic E-state index is 0. The molecule has 0 aromatic carbocycles. The molecule has 2 N–H and O–H groups in total. The van der Waals surface area contributed by atoms with E-state index in [0.29, 0.717) is 6.04 Å². The summed E-state index contributed by atoms with van der Waals surface area (Å²) >= 11 is 0. The Labute approximate surface area is 142 Å². The second-order valence-corrected chi connectivity index (χ2v) is 6.90. The van der Waals surface area contributed by atoms with E-state index in [9.17, 15) is 0 Å². The molecule has 1 aliphatic heterocycles. The summed E-state index contributed by atoms with van der Waals surface area (Å²) < 4.78 is 0.